The zero-order chi connectivity index (χ0) is 32.5. The number of hydrogen-bond acceptors (Lipinski definition) is 6. The Hall–Kier alpha value is -4.37. The van der Waals surface area contributed by atoms with E-state index in [9.17, 15) is 31.2 Å². The van der Waals surface area contributed by atoms with Crippen molar-refractivity contribution >= 4 is 27.5 Å². The second-order valence-corrected chi connectivity index (χ2v) is 13.7. The molecule has 0 saturated heterocycles. The van der Waals surface area contributed by atoms with E-state index in [1.807, 2.05) is 30.0 Å². The molecular weight excluding hydrogens is 628 g/mol. The van der Waals surface area contributed by atoms with E-state index in [0.717, 1.165) is 35.4 Å². The fourth-order valence-corrected chi connectivity index (χ4v) is 6.55. The van der Waals surface area contributed by atoms with Crippen molar-refractivity contribution in [1.82, 2.24) is 29.8 Å². The topological polar surface area (TPSA) is 126 Å². The minimum absolute atomic E-state index is 0.116. The average Bonchev–Trinajstić information content (AvgIpc) is 3.95. The highest BCUT2D eigenvalue weighted by Gasteiger charge is 2.48. The Bertz CT molecular complexity index is 2010. The van der Waals surface area contributed by atoms with Crippen LogP contribution in [0.1, 0.15) is 76.9 Å². The van der Waals surface area contributed by atoms with E-state index >= 15 is 4.39 Å². The van der Waals surface area contributed by atoms with Crippen molar-refractivity contribution in [3.05, 3.63) is 88.5 Å². The van der Waals surface area contributed by atoms with Gasteiger partial charge in [0.15, 0.2) is 5.65 Å². The van der Waals surface area contributed by atoms with Gasteiger partial charge in [0.1, 0.15) is 11.5 Å². The lowest BCUT2D eigenvalue weighted by atomic mass is 9.93. The van der Waals surface area contributed by atoms with Gasteiger partial charge in [-0.2, -0.15) is 18.3 Å². The van der Waals surface area contributed by atoms with Gasteiger partial charge in [0.25, 0.3) is 5.91 Å². The van der Waals surface area contributed by atoms with E-state index in [0.29, 0.717) is 29.1 Å². The van der Waals surface area contributed by atoms with Crippen molar-refractivity contribution in [1.29, 1.82) is 0 Å². The molecule has 2 saturated carbocycles. The highest BCUT2D eigenvalue weighted by molar-refractivity contribution is 7.90. The molecule has 4 aromatic rings. The number of rotatable bonds is 7. The number of aromatic nitrogens is 3. The third kappa shape index (κ3) is 5.40. The fraction of sp³-hybridized carbons (Fsp3) is 0.355. The van der Waals surface area contributed by atoms with Crippen LogP contribution in [0.3, 0.4) is 0 Å². The van der Waals surface area contributed by atoms with Gasteiger partial charge < -0.3 is 4.90 Å². The first-order valence-corrected chi connectivity index (χ1v) is 16.3. The van der Waals surface area contributed by atoms with Crippen molar-refractivity contribution in [3.8, 4) is 11.3 Å². The number of nitrogens with one attached hydrogen (secondary N) is 2. The molecule has 2 aliphatic carbocycles. The molecule has 0 unspecified atom stereocenters. The SMILES string of the molecule is C[C@@H]1c2ccccc2CCN1C(=O)c1cc(C2CC2)n2nc(-c3ccc([C@H]4C[C@@H]4C(=O)NNS(=O)(=O)C(F)(F)F)cc3F)cc2n1. The van der Waals surface area contributed by atoms with Crippen LogP contribution in [-0.4, -0.2) is 51.8 Å². The third-order valence-electron chi connectivity index (χ3n) is 8.96. The summed E-state index contributed by atoms with van der Waals surface area (Å²) in [7, 11) is -5.74. The van der Waals surface area contributed by atoms with E-state index in [4.69, 9.17) is 0 Å². The summed E-state index contributed by atoms with van der Waals surface area (Å²) in [6, 6.07) is 15.7. The van der Waals surface area contributed by atoms with E-state index in [2.05, 4.69) is 16.1 Å². The van der Waals surface area contributed by atoms with Gasteiger partial charge in [-0.15, -0.1) is 4.83 Å². The predicted molar refractivity (Wildman–Crippen MR) is 157 cm³/mol. The number of hydrazine groups is 1. The monoisotopic (exact) mass is 656 g/mol. The number of amides is 2. The number of fused-ring (bicyclic) bond motifs is 2. The Morgan fingerprint density at radius 1 is 1.04 bits per heavy atom. The van der Waals surface area contributed by atoms with Crippen LogP contribution in [0.15, 0.2) is 54.6 Å². The Morgan fingerprint density at radius 2 is 1.80 bits per heavy atom. The lowest BCUT2D eigenvalue weighted by molar-refractivity contribution is -0.123. The number of alkyl halides is 3. The van der Waals surface area contributed by atoms with Gasteiger partial charge in [-0.25, -0.2) is 22.3 Å². The van der Waals surface area contributed by atoms with Crippen LogP contribution in [0.2, 0.25) is 0 Å². The zero-order valence-corrected chi connectivity index (χ0v) is 25.2. The lowest BCUT2D eigenvalue weighted by Crippen LogP contribution is -2.47. The Labute approximate surface area is 260 Å². The molecule has 1 aliphatic heterocycles. The Kier molecular flexibility index (Phi) is 7.16. The van der Waals surface area contributed by atoms with Gasteiger partial charge in [0, 0.05) is 35.7 Å². The van der Waals surface area contributed by atoms with E-state index < -0.39 is 39.1 Å². The van der Waals surface area contributed by atoms with Crippen LogP contribution < -0.4 is 10.3 Å². The maximum absolute atomic E-state index is 15.5. The minimum atomic E-state index is -5.74. The number of hydrogen-bond donors (Lipinski definition) is 2. The molecule has 2 aromatic carbocycles. The number of sulfonamides is 1. The molecule has 10 nitrogen and oxygen atoms in total. The molecule has 2 fully saturated rings. The smallest absolute Gasteiger partial charge is 0.330 e. The largest absolute Gasteiger partial charge is 0.513 e. The van der Waals surface area contributed by atoms with Crippen molar-refractivity contribution < 1.29 is 35.6 Å². The van der Waals surface area contributed by atoms with Gasteiger partial charge >= 0.3 is 15.5 Å². The lowest BCUT2D eigenvalue weighted by Gasteiger charge is -2.35. The molecule has 3 heterocycles. The highest BCUT2D eigenvalue weighted by atomic mass is 32.2. The van der Waals surface area contributed by atoms with Crippen LogP contribution in [0.25, 0.3) is 16.9 Å². The third-order valence-corrected chi connectivity index (χ3v) is 9.94. The van der Waals surface area contributed by atoms with Crippen molar-refractivity contribution in [2.45, 2.75) is 56.0 Å². The standard InChI is InChI=1S/C31H28F4N6O4S/c1-16-20-5-3-2-4-17(20)10-11-40(16)30(43)26-14-27(18-6-7-18)41-28(36-26)15-25(38-41)21-9-8-19(12-24(21)32)22-13-23(22)29(42)37-39-46(44,45)31(33,34)35/h2-5,8-9,12,14-16,18,22-23,39H,6-7,10-11,13H2,1H3,(H,37,42)/t16-,22-,23+/m1/s1. The molecule has 240 valence electrons. The molecule has 0 spiro atoms. The van der Waals surface area contributed by atoms with Gasteiger partial charge in [-0.1, -0.05) is 30.3 Å². The fourth-order valence-electron chi connectivity index (χ4n) is 6.20. The Balaban J connectivity index is 1.11. The average molecular weight is 657 g/mol. The summed E-state index contributed by atoms with van der Waals surface area (Å²) in [6.07, 6.45) is 2.83. The highest BCUT2D eigenvalue weighted by Crippen LogP contribution is 2.48. The number of nitrogens with zero attached hydrogens (tertiary/aromatic N) is 4. The summed E-state index contributed by atoms with van der Waals surface area (Å²) in [5.41, 5.74) is 0.792. The van der Waals surface area contributed by atoms with Gasteiger partial charge in [-0.3, -0.25) is 15.0 Å². The molecule has 2 N–H and O–H groups in total. The molecule has 15 heteroatoms. The maximum Gasteiger partial charge on any atom is 0.513 e. The maximum atomic E-state index is 15.5. The first kappa shape index (κ1) is 30.3. The first-order chi connectivity index (χ1) is 21.8. The quantitative estimate of drug-likeness (QED) is 0.219. The number of benzene rings is 2. The van der Waals surface area contributed by atoms with Crippen LogP contribution in [0, 0.1) is 11.7 Å². The molecule has 2 amide bonds. The summed E-state index contributed by atoms with van der Waals surface area (Å²) < 4.78 is 76.9. The normalized spacial score (nSPS) is 21.2. The van der Waals surface area contributed by atoms with Crippen LogP contribution in [0.5, 0.6) is 0 Å². The van der Waals surface area contributed by atoms with E-state index in [1.165, 1.54) is 17.7 Å². The summed E-state index contributed by atoms with van der Waals surface area (Å²) in [5.74, 6) is -2.88. The Morgan fingerprint density at radius 3 is 2.52 bits per heavy atom. The second kappa shape index (κ2) is 10.9. The molecule has 3 aliphatic rings. The van der Waals surface area contributed by atoms with Gasteiger partial charge in [-0.05, 0) is 73.4 Å². The summed E-state index contributed by atoms with van der Waals surface area (Å²) >= 11 is 0. The van der Waals surface area contributed by atoms with Crippen LogP contribution in [-0.2, 0) is 21.2 Å². The van der Waals surface area contributed by atoms with E-state index in [1.54, 1.807) is 28.1 Å². The predicted octanol–water partition coefficient (Wildman–Crippen LogP) is 4.75. The van der Waals surface area contributed by atoms with Gasteiger partial charge in [0.05, 0.1) is 11.7 Å². The summed E-state index contributed by atoms with van der Waals surface area (Å²) in [6.45, 7) is 2.57. The molecule has 0 radical (unpaired) electrons. The molecular formula is C31H28F4N6O4S. The molecule has 0 bridgehead atoms. The van der Waals surface area contributed by atoms with E-state index in [-0.39, 0.29) is 29.9 Å². The second-order valence-electron chi connectivity index (χ2n) is 12.0. The minimum Gasteiger partial charge on any atom is -0.330 e. The molecule has 3 atom stereocenters. The number of carbonyl (C=O) groups is 2. The van der Waals surface area contributed by atoms with Crippen LogP contribution in [0.4, 0.5) is 17.6 Å². The zero-order valence-electron chi connectivity index (χ0n) is 24.4. The van der Waals surface area contributed by atoms with Crippen molar-refractivity contribution in [2.24, 2.45) is 5.92 Å². The van der Waals surface area contributed by atoms with Gasteiger partial charge in [0.2, 0.25) is 5.91 Å². The molecule has 7 rings (SSSR count). The summed E-state index contributed by atoms with van der Waals surface area (Å²) in [4.78, 5) is 33.5. The van der Waals surface area contributed by atoms with Crippen molar-refractivity contribution in [3.63, 3.8) is 0 Å². The van der Waals surface area contributed by atoms with Crippen molar-refractivity contribution in [2.75, 3.05) is 6.54 Å². The van der Waals surface area contributed by atoms with Crippen LogP contribution >= 0.6 is 0 Å². The summed E-state index contributed by atoms with van der Waals surface area (Å²) in [5, 5.41) is 4.63. The number of carbonyl (C=O) groups excluding carboxylic acids is 2. The number of halogens is 4. The molecule has 46 heavy (non-hydrogen) atoms. The first-order valence-electron chi connectivity index (χ1n) is 14.8. The molecule has 2 aromatic heterocycles.